The van der Waals surface area contributed by atoms with E-state index in [1.54, 1.807) is 0 Å². The highest BCUT2D eigenvalue weighted by molar-refractivity contribution is 5.74. The predicted octanol–water partition coefficient (Wildman–Crippen LogP) is 2.38. The zero-order valence-electron chi connectivity index (χ0n) is 9.82. The van der Waals surface area contributed by atoms with E-state index < -0.39 is 0 Å². The molecule has 0 spiro atoms. The summed E-state index contributed by atoms with van der Waals surface area (Å²) in [6.07, 6.45) is 2.24. The highest BCUT2D eigenvalue weighted by Crippen LogP contribution is 2.36. The van der Waals surface area contributed by atoms with Crippen molar-refractivity contribution >= 4 is 11.7 Å². The Morgan fingerprint density at radius 2 is 2.31 bits per heavy atom. The normalized spacial score (nSPS) is 14.5. The maximum atomic E-state index is 11.1. The summed E-state index contributed by atoms with van der Waals surface area (Å²) >= 11 is 0. The fourth-order valence-electron chi connectivity index (χ4n) is 2.25. The number of nitrogens with zero attached hydrogens (tertiary/aromatic N) is 1. The minimum atomic E-state index is -0.255. The molecule has 1 aliphatic rings. The molecule has 0 saturated heterocycles. The van der Waals surface area contributed by atoms with Gasteiger partial charge in [-0.1, -0.05) is 12.1 Å². The van der Waals surface area contributed by atoms with Crippen LogP contribution in [0.25, 0.3) is 0 Å². The number of ether oxygens (including phenoxy) is 1. The molecule has 0 N–H and O–H groups in total. The molecule has 0 amide bonds. The SMILES string of the molecule is CCN1CCCc2cccc(OC(C)=O)c21. The van der Waals surface area contributed by atoms with Crippen LogP contribution >= 0.6 is 0 Å². The fourth-order valence-corrected chi connectivity index (χ4v) is 2.25. The summed E-state index contributed by atoms with van der Waals surface area (Å²) in [4.78, 5) is 13.3. The number of benzene rings is 1. The molecule has 2 rings (SSSR count). The first-order chi connectivity index (χ1) is 7.72. The highest BCUT2D eigenvalue weighted by Gasteiger charge is 2.20. The lowest BCUT2D eigenvalue weighted by atomic mass is 10.0. The van der Waals surface area contributed by atoms with Crippen LogP contribution in [0, 0.1) is 0 Å². The molecule has 1 aliphatic heterocycles. The van der Waals surface area contributed by atoms with Crippen molar-refractivity contribution in [2.45, 2.75) is 26.7 Å². The van der Waals surface area contributed by atoms with Gasteiger partial charge in [0.15, 0.2) is 5.75 Å². The minimum Gasteiger partial charge on any atom is -0.424 e. The first kappa shape index (κ1) is 11.0. The molecule has 0 saturated carbocycles. The van der Waals surface area contributed by atoms with Crippen LogP contribution in [0.4, 0.5) is 5.69 Å². The number of carbonyl (C=O) groups excluding carboxylic acids is 1. The molecule has 0 fully saturated rings. The van der Waals surface area contributed by atoms with Crippen LogP contribution in [0.1, 0.15) is 25.8 Å². The number of aryl methyl sites for hydroxylation is 1. The summed E-state index contributed by atoms with van der Waals surface area (Å²) < 4.78 is 5.26. The second kappa shape index (κ2) is 4.56. The van der Waals surface area contributed by atoms with Crippen LogP contribution in [0.3, 0.4) is 0 Å². The Kier molecular flexibility index (Phi) is 3.13. The van der Waals surface area contributed by atoms with Gasteiger partial charge in [0.1, 0.15) is 0 Å². The third-order valence-electron chi connectivity index (χ3n) is 2.91. The molecule has 0 aliphatic carbocycles. The van der Waals surface area contributed by atoms with E-state index in [0.717, 1.165) is 25.2 Å². The molecule has 1 heterocycles. The number of rotatable bonds is 2. The molecule has 0 radical (unpaired) electrons. The molecule has 0 unspecified atom stereocenters. The van der Waals surface area contributed by atoms with E-state index in [-0.39, 0.29) is 5.97 Å². The summed E-state index contributed by atoms with van der Waals surface area (Å²) in [7, 11) is 0. The van der Waals surface area contributed by atoms with Gasteiger partial charge in [-0.05, 0) is 31.4 Å². The van der Waals surface area contributed by atoms with Crippen molar-refractivity contribution < 1.29 is 9.53 Å². The van der Waals surface area contributed by atoms with E-state index in [0.29, 0.717) is 5.75 Å². The Morgan fingerprint density at radius 3 is 3.00 bits per heavy atom. The summed E-state index contributed by atoms with van der Waals surface area (Å²) in [5.74, 6) is 0.446. The summed E-state index contributed by atoms with van der Waals surface area (Å²) in [6, 6.07) is 5.94. The highest BCUT2D eigenvalue weighted by atomic mass is 16.5. The van der Waals surface area contributed by atoms with Gasteiger partial charge in [0.2, 0.25) is 0 Å². The van der Waals surface area contributed by atoms with Crippen molar-refractivity contribution in [3.63, 3.8) is 0 Å². The van der Waals surface area contributed by atoms with E-state index >= 15 is 0 Å². The molecule has 1 aromatic rings. The minimum absolute atomic E-state index is 0.255. The lowest BCUT2D eigenvalue weighted by Crippen LogP contribution is -2.29. The lowest BCUT2D eigenvalue weighted by molar-refractivity contribution is -0.131. The van der Waals surface area contributed by atoms with Crippen molar-refractivity contribution in [2.24, 2.45) is 0 Å². The Balaban J connectivity index is 2.42. The van der Waals surface area contributed by atoms with E-state index in [9.17, 15) is 4.79 Å². The maximum Gasteiger partial charge on any atom is 0.308 e. The van der Waals surface area contributed by atoms with Gasteiger partial charge < -0.3 is 9.64 Å². The lowest BCUT2D eigenvalue weighted by Gasteiger charge is -2.31. The average molecular weight is 219 g/mol. The van der Waals surface area contributed by atoms with Crippen molar-refractivity contribution in [3.05, 3.63) is 23.8 Å². The fraction of sp³-hybridized carbons (Fsp3) is 0.462. The van der Waals surface area contributed by atoms with Crippen LogP contribution in [0.2, 0.25) is 0 Å². The number of para-hydroxylation sites is 1. The van der Waals surface area contributed by atoms with Gasteiger partial charge >= 0.3 is 5.97 Å². The number of fused-ring (bicyclic) bond motifs is 1. The van der Waals surface area contributed by atoms with Crippen LogP contribution in [0.15, 0.2) is 18.2 Å². The van der Waals surface area contributed by atoms with Gasteiger partial charge in [-0.2, -0.15) is 0 Å². The van der Waals surface area contributed by atoms with E-state index in [1.807, 2.05) is 12.1 Å². The van der Waals surface area contributed by atoms with E-state index in [1.165, 1.54) is 18.9 Å². The zero-order chi connectivity index (χ0) is 11.5. The summed E-state index contributed by atoms with van der Waals surface area (Å²) in [5.41, 5.74) is 2.39. The van der Waals surface area contributed by atoms with Gasteiger partial charge in [-0.25, -0.2) is 0 Å². The number of hydrogen-bond donors (Lipinski definition) is 0. The van der Waals surface area contributed by atoms with Crippen molar-refractivity contribution in [2.75, 3.05) is 18.0 Å². The van der Waals surface area contributed by atoms with Gasteiger partial charge in [0, 0.05) is 20.0 Å². The molecule has 0 aromatic heterocycles. The molecule has 3 nitrogen and oxygen atoms in total. The predicted molar refractivity (Wildman–Crippen MR) is 64.0 cm³/mol. The van der Waals surface area contributed by atoms with Crippen LogP contribution in [-0.4, -0.2) is 19.1 Å². The Labute approximate surface area is 96.0 Å². The first-order valence-corrected chi connectivity index (χ1v) is 5.77. The van der Waals surface area contributed by atoms with Gasteiger partial charge in [-0.3, -0.25) is 4.79 Å². The summed E-state index contributed by atoms with van der Waals surface area (Å²) in [5, 5.41) is 0. The van der Waals surface area contributed by atoms with Gasteiger partial charge in [0.05, 0.1) is 5.69 Å². The molecule has 0 atom stereocenters. The van der Waals surface area contributed by atoms with Crippen LogP contribution in [0.5, 0.6) is 5.75 Å². The number of esters is 1. The summed E-state index contributed by atoms with van der Waals surface area (Å²) in [6.45, 7) is 5.56. The van der Waals surface area contributed by atoms with Crippen molar-refractivity contribution in [3.8, 4) is 5.75 Å². The number of hydrogen-bond acceptors (Lipinski definition) is 3. The smallest absolute Gasteiger partial charge is 0.308 e. The number of anilines is 1. The number of carbonyl (C=O) groups is 1. The molecule has 16 heavy (non-hydrogen) atoms. The zero-order valence-corrected chi connectivity index (χ0v) is 9.82. The monoisotopic (exact) mass is 219 g/mol. The molecular formula is C13H17NO2. The van der Waals surface area contributed by atoms with Gasteiger partial charge in [-0.15, -0.1) is 0 Å². The molecular weight excluding hydrogens is 202 g/mol. The maximum absolute atomic E-state index is 11.1. The largest absolute Gasteiger partial charge is 0.424 e. The van der Waals surface area contributed by atoms with Crippen LogP contribution in [-0.2, 0) is 11.2 Å². The average Bonchev–Trinajstić information content (AvgIpc) is 2.28. The van der Waals surface area contributed by atoms with E-state index in [4.69, 9.17) is 4.74 Å². The second-order valence-corrected chi connectivity index (χ2v) is 4.04. The van der Waals surface area contributed by atoms with Gasteiger partial charge in [0.25, 0.3) is 0 Å². The van der Waals surface area contributed by atoms with E-state index in [2.05, 4.69) is 17.9 Å². The Hall–Kier alpha value is -1.51. The van der Waals surface area contributed by atoms with Crippen LogP contribution < -0.4 is 9.64 Å². The molecule has 86 valence electrons. The van der Waals surface area contributed by atoms with Crippen molar-refractivity contribution in [1.82, 2.24) is 0 Å². The molecule has 0 bridgehead atoms. The Morgan fingerprint density at radius 1 is 1.50 bits per heavy atom. The quantitative estimate of drug-likeness (QED) is 0.565. The first-order valence-electron chi connectivity index (χ1n) is 5.77. The topological polar surface area (TPSA) is 29.5 Å². The second-order valence-electron chi connectivity index (χ2n) is 4.04. The third-order valence-corrected chi connectivity index (χ3v) is 2.91. The third kappa shape index (κ3) is 2.03. The standard InChI is InChI=1S/C13H17NO2/c1-3-14-9-5-7-11-6-4-8-12(13(11)14)16-10(2)15/h4,6,8H,3,5,7,9H2,1-2H3. The molecule has 1 aromatic carbocycles. The molecule has 3 heteroatoms. The van der Waals surface area contributed by atoms with Crippen molar-refractivity contribution in [1.29, 1.82) is 0 Å². The Bertz CT molecular complexity index is 401.